The van der Waals surface area contributed by atoms with Gasteiger partial charge in [0.25, 0.3) is 5.91 Å². The predicted molar refractivity (Wildman–Crippen MR) is 107 cm³/mol. The van der Waals surface area contributed by atoms with Gasteiger partial charge in [-0.15, -0.1) is 0 Å². The first kappa shape index (κ1) is 21.9. The molecule has 0 spiro atoms. The normalized spacial score (nSPS) is 13.7. The fourth-order valence-electron chi connectivity index (χ4n) is 2.98. The standard InChI is InChI=1S/C21H19ClF3N3O2/c1-13(18(29)11-14-5-3-2-4-6-14)27-20(30)17-12-26-28(19(17)21(23,24)25)16-9-7-15(22)8-10-16/h2-10,12-13,18,29H,11H2,1H3,(H,27,30). The third-order valence-electron chi connectivity index (χ3n) is 4.58. The Morgan fingerprint density at radius 2 is 1.80 bits per heavy atom. The summed E-state index contributed by atoms with van der Waals surface area (Å²) >= 11 is 5.79. The largest absolute Gasteiger partial charge is 0.434 e. The maximum atomic E-state index is 13.7. The van der Waals surface area contributed by atoms with Crippen LogP contribution in [0.2, 0.25) is 5.02 Å². The number of carbonyl (C=O) groups is 1. The molecule has 1 aromatic heterocycles. The molecule has 1 heterocycles. The third-order valence-corrected chi connectivity index (χ3v) is 4.83. The monoisotopic (exact) mass is 437 g/mol. The van der Waals surface area contributed by atoms with Crippen LogP contribution in [0.3, 0.4) is 0 Å². The van der Waals surface area contributed by atoms with E-state index in [9.17, 15) is 23.1 Å². The van der Waals surface area contributed by atoms with E-state index >= 15 is 0 Å². The van der Waals surface area contributed by atoms with E-state index < -0.39 is 35.5 Å². The lowest BCUT2D eigenvalue weighted by molar-refractivity contribution is -0.143. The number of amides is 1. The second-order valence-electron chi connectivity index (χ2n) is 6.81. The number of nitrogens with zero attached hydrogens (tertiary/aromatic N) is 2. The molecule has 30 heavy (non-hydrogen) atoms. The van der Waals surface area contributed by atoms with Crippen molar-refractivity contribution < 1.29 is 23.1 Å². The van der Waals surface area contributed by atoms with Gasteiger partial charge in [-0.3, -0.25) is 4.79 Å². The molecule has 3 aromatic rings. The Morgan fingerprint density at radius 1 is 1.17 bits per heavy atom. The molecule has 0 bridgehead atoms. The number of alkyl halides is 3. The molecule has 0 saturated carbocycles. The first-order valence-electron chi connectivity index (χ1n) is 9.11. The van der Waals surface area contributed by atoms with Crippen LogP contribution in [0.1, 0.15) is 28.5 Å². The molecule has 3 rings (SSSR count). The molecule has 0 radical (unpaired) electrons. The Kier molecular flexibility index (Phi) is 6.48. The van der Waals surface area contributed by atoms with E-state index in [2.05, 4.69) is 10.4 Å². The van der Waals surface area contributed by atoms with Crippen LogP contribution in [0, 0.1) is 0 Å². The number of carbonyl (C=O) groups excluding carboxylic acids is 1. The topological polar surface area (TPSA) is 67.2 Å². The van der Waals surface area contributed by atoms with Gasteiger partial charge in [0.2, 0.25) is 0 Å². The van der Waals surface area contributed by atoms with Crippen LogP contribution in [0.25, 0.3) is 5.69 Å². The average molecular weight is 438 g/mol. The summed E-state index contributed by atoms with van der Waals surface area (Å²) in [5.41, 5.74) is -0.871. The Morgan fingerprint density at radius 3 is 2.40 bits per heavy atom. The SMILES string of the molecule is CC(NC(=O)c1cnn(-c2ccc(Cl)cc2)c1C(F)(F)F)C(O)Cc1ccccc1. The minimum absolute atomic E-state index is 0.114. The van der Waals surface area contributed by atoms with Crippen LogP contribution in [-0.2, 0) is 12.6 Å². The lowest BCUT2D eigenvalue weighted by Gasteiger charge is -2.21. The highest BCUT2D eigenvalue weighted by Gasteiger charge is 2.40. The Hall–Kier alpha value is -2.84. The second-order valence-corrected chi connectivity index (χ2v) is 7.25. The number of hydrogen-bond acceptors (Lipinski definition) is 3. The van der Waals surface area contributed by atoms with E-state index in [-0.39, 0.29) is 12.1 Å². The number of rotatable bonds is 6. The Labute approximate surface area is 176 Å². The highest BCUT2D eigenvalue weighted by Crippen LogP contribution is 2.34. The molecule has 9 heteroatoms. The summed E-state index contributed by atoms with van der Waals surface area (Å²) in [4.78, 5) is 12.6. The number of benzene rings is 2. The van der Waals surface area contributed by atoms with Gasteiger partial charge in [0, 0.05) is 11.4 Å². The summed E-state index contributed by atoms with van der Waals surface area (Å²) in [5.74, 6) is -0.970. The number of aliphatic hydroxyl groups excluding tert-OH is 1. The highest BCUT2D eigenvalue weighted by atomic mass is 35.5. The molecule has 5 nitrogen and oxygen atoms in total. The van der Waals surface area contributed by atoms with E-state index in [1.807, 2.05) is 30.3 Å². The van der Waals surface area contributed by atoms with Gasteiger partial charge in [-0.05, 0) is 36.8 Å². The molecular weight excluding hydrogens is 419 g/mol. The third kappa shape index (κ3) is 5.01. The van der Waals surface area contributed by atoms with Crippen molar-refractivity contribution in [2.45, 2.75) is 31.7 Å². The molecule has 2 atom stereocenters. The molecule has 2 aromatic carbocycles. The molecule has 0 aliphatic heterocycles. The minimum Gasteiger partial charge on any atom is -0.391 e. The quantitative estimate of drug-likeness (QED) is 0.605. The maximum absolute atomic E-state index is 13.7. The molecular formula is C21H19ClF3N3O2. The van der Waals surface area contributed by atoms with Gasteiger partial charge in [-0.1, -0.05) is 41.9 Å². The van der Waals surface area contributed by atoms with Crippen molar-refractivity contribution in [3.8, 4) is 5.69 Å². The summed E-state index contributed by atoms with van der Waals surface area (Å²) in [5, 5.41) is 16.9. The van der Waals surface area contributed by atoms with Crippen molar-refractivity contribution in [1.29, 1.82) is 0 Å². The van der Waals surface area contributed by atoms with Gasteiger partial charge >= 0.3 is 6.18 Å². The average Bonchev–Trinajstić information content (AvgIpc) is 3.15. The lowest BCUT2D eigenvalue weighted by Crippen LogP contribution is -2.42. The molecule has 0 saturated heterocycles. The van der Waals surface area contributed by atoms with Crippen LogP contribution in [0.5, 0.6) is 0 Å². The molecule has 158 valence electrons. The summed E-state index contributed by atoms with van der Waals surface area (Å²) in [6.07, 6.45) is -4.69. The van der Waals surface area contributed by atoms with Crippen LogP contribution < -0.4 is 5.32 Å². The summed E-state index contributed by atoms with van der Waals surface area (Å²) < 4.78 is 41.9. The molecule has 0 aliphatic carbocycles. The minimum atomic E-state index is -4.82. The molecule has 2 N–H and O–H groups in total. The number of hydrogen-bond donors (Lipinski definition) is 2. The van der Waals surface area contributed by atoms with Crippen molar-refractivity contribution in [2.75, 3.05) is 0 Å². The molecule has 0 fully saturated rings. The van der Waals surface area contributed by atoms with Crippen LogP contribution in [0.4, 0.5) is 13.2 Å². The van der Waals surface area contributed by atoms with Gasteiger partial charge < -0.3 is 10.4 Å². The van der Waals surface area contributed by atoms with E-state index in [0.717, 1.165) is 11.8 Å². The van der Waals surface area contributed by atoms with Gasteiger partial charge in [0.15, 0.2) is 5.69 Å². The van der Waals surface area contributed by atoms with E-state index in [1.165, 1.54) is 31.2 Å². The Bertz CT molecular complexity index is 1000. The number of halogens is 4. The number of nitrogens with one attached hydrogen (secondary N) is 1. The summed E-state index contributed by atoms with van der Waals surface area (Å²) in [6.45, 7) is 1.53. The molecule has 1 amide bonds. The van der Waals surface area contributed by atoms with E-state index in [0.29, 0.717) is 9.70 Å². The van der Waals surface area contributed by atoms with Crippen LogP contribution in [-0.4, -0.2) is 32.9 Å². The van der Waals surface area contributed by atoms with Gasteiger partial charge in [-0.25, -0.2) is 4.68 Å². The van der Waals surface area contributed by atoms with Crippen molar-refractivity contribution in [1.82, 2.24) is 15.1 Å². The fourth-order valence-corrected chi connectivity index (χ4v) is 3.10. The molecule has 2 unspecified atom stereocenters. The lowest BCUT2D eigenvalue weighted by atomic mass is 10.0. The first-order valence-corrected chi connectivity index (χ1v) is 9.48. The van der Waals surface area contributed by atoms with Crippen molar-refractivity contribution in [2.24, 2.45) is 0 Å². The number of aromatic nitrogens is 2. The fraction of sp³-hybridized carbons (Fsp3) is 0.238. The second kappa shape index (κ2) is 8.89. The zero-order valence-electron chi connectivity index (χ0n) is 15.9. The first-order chi connectivity index (χ1) is 14.2. The Balaban J connectivity index is 1.82. The maximum Gasteiger partial charge on any atom is 0.434 e. The van der Waals surface area contributed by atoms with Crippen molar-refractivity contribution in [3.05, 3.63) is 82.6 Å². The molecule has 0 aliphatic rings. The van der Waals surface area contributed by atoms with Crippen molar-refractivity contribution >= 4 is 17.5 Å². The van der Waals surface area contributed by atoms with Crippen molar-refractivity contribution in [3.63, 3.8) is 0 Å². The van der Waals surface area contributed by atoms with E-state index in [4.69, 9.17) is 11.6 Å². The predicted octanol–water partition coefficient (Wildman–Crippen LogP) is 4.27. The van der Waals surface area contributed by atoms with Gasteiger partial charge in [-0.2, -0.15) is 18.3 Å². The van der Waals surface area contributed by atoms with Crippen LogP contribution >= 0.6 is 11.6 Å². The number of aliphatic hydroxyl groups is 1. The summed E-state index contributed by atoms with van der Waals surface area (Å²) in [7, 11) is 0. The van der Waals surface area contributed by atoms with Gasteiger partial charge in [0.1, 0.15) is 0 Å². The van der Waals surface area contributed by atoms with Gasteiger partial charge in [0.05, 0.1) is 29.6 Å². The smallest absolute Gasteiger partial charge is 0.391 e. The highest BCUT2D eigenvalue weighted by molar-refractivity contribution is 6.30. The zero-order chi connectivity index (χ0) is 21.9. The summed E-state index contributed by atoms with van der Waals surface area (Å²) in [6, 6.07) is 13.9. The zero-order valence-corrected chi connectivity index (χ0v) is 16.7. The van der Waals surface area contributed by atoms with E-state index in [1.54, 1.807) is 0 Å². The van der Waals surface area contributed by atoms with Crippen LogP contribution in [0.15, 0.2) is 60.8 Å².